The Morgan fingerprint density at radius 3 is 2.54 bits per heavy atom. The maximum Gasteiger partial charge on any atom is 0.116 e. The fourth-order valence-corrected chi connectivity index (χ4v) is 0.838. The van der Waals surface area contributed by atoms with E-state index in [-0.39, 0.29) is 0 Å². The summed E-state index contributed by atoms with van der Waals surface area (Å²) >= 11 is 0. The van der Waals surface area contributed by atoms with Crippen LogP contribution in [0.2, 0.25) is 0 Å². The number of hydrogen-bond donors (Lipinski definition) is 1. The summed E-state index contributed by atoms with van der Waals surface area (Å²) in [5, 5.41) is 3.29. The van der Waals surface area contributed by atoms with Crippen LogP contribution in [0, 0.1) is 0 Å². The van der Waals surface area contributed by atoms with Crippen LogP contribution >= 0.6 is 0 Å². The molecule has 0 spiro atoms. The largest absolute Gasteiger partial charge is 0.497 e. The first kappa shape index (κ1) is 12.0. The summed E-state index contributed by atoms with van der Waals surface area (Å²) in [6.07, 6.45) is 3.64. The Morgan fingerprint density at radius 1 is 1.54 bits per heavy atom. The summed E-state index contributed by atoms with van der Waals surface area (Å²) < 4.78 is 5.05. The van der Waals surface area contributed by atoms with Gasteiger partial charge in [-0.25, -0.2) is 0 Å². The predicted molar refractivity (Wildman–Crippen MR) is 57.6 cm³/mol. The third-order valence-corrected chi connectivity index (χ3v) is 1.62. The van der Waals surface area contributed by atoms with E-state index in [9.17, 15) is 0 Å². The molecule has 0 aromatic carbocycles. The molecule has 0 aliphatic rings. The molecule has 13 heavy (non-hydrogen) atoms. The molecule has 0 amide bonds. The Kier molecular flexibility index (Phi) is 5.98. The number of nitrogens with one attached hydrogen (secondary N) is 1. The molecule has 0 heterocycles. The van der Waals surface area contributed by atoms with Crippen molar-refractivity contribution >= 4 is 0 Å². The summed E-state index contributed by atoms with van der Waals surface area (Å²) in [4.78, 5) is 0. The molecule has 0 aliphatic carbocycles. The molecule has 0 aromatic rings. The first-order valence-electron chi connectivity index (χ1n) is 4.40. The topological polar surface area (TPSA) is 21.3 Å². The lowest BCUT2D eigenvalue weighted by Crippen LogP contribution is -2.25. The second-order valence-corrected chi connectivity index (χ2v) is 3.09. The SMILES string of the molecule is C=C/C=C(/CNC(C)C)C(=C)OC. The number of allylic oxidation sites excluding steroid dienone is 2. The molecule has 0 bridgehead atoms. The van der Waals surface area contributed by atoms with E-state index in [4.69, 9.17) is 4.74 Å². The fourth-order valence-electron chi connectivity index (χ4n) is 0.838. The predicted octanol–water partition coefficient (Wildman–Crippen LogP) is 2.26. The molecule has 0 saturated heterocycles. The Bertz CT molecular complexity index is 204. The highest BCUT2D eigenvalue weighted by Gasteiger charge is 2.02. The Labute approximate surface area is 81.0 Å². The average molecular weight is 181 g/mol. The maximum absolute atomic E-state index is 5.05. The van der Waals surface area contributed by atoms with E-state index in [1.165, 1.54) is 0 Å². The molecule has 0 aromatic heterocycles. The first-order chi connectivity index (χ1) is 6.11. The van der Waals surface area contributed by atoms with E-state index in [0.29, 0.717) is 11.8 Å². The van der Waals surface area contributed by atoms with Crippen LogP contribution in [0.3, 0.4) is 0 Å². The molecule has 0 atom stereocenters. The maximum atomic E-state index is 5.05. The second kappa shape index (κ2) is 6.49. The molecule has 0 saturated carbocycles. The van der Waals surface area contributed by atoms with Crippen LogP contribution < -0.4 is 5.32 Å². The van der Waals surface area contributed by atoms with Gasteiger partial charge >= 0.3 is 0 Å². The van der Waals surface area contributed by atoms with Crippen molar-refractivity contribution in [1.29, 1.82) is 0 Å². The van der Waals surface area contributed by atoms with Gasteiger partial charge in [0.2, 0.25) is 0 Å². The lowest BCUT2D eigenvalue weighted by Gasteiger charge is -2.12. The van der Waals surface area contributed by atoms with Crippen molar-refractivity contribution in [3.8, 4) is 0 Å². The zero-order valence-electron chi connectivity index (χ0n) is 8.76. The van der Waals surface area contributed by atoms with Crippen molar-refractivity contribution in [3.05, 3.63) is 36.6 Å². The lowest BCUT2D eigenvalue weighted by atomic mass is 10.2. The summed E-state index contributed by atoms with van der Waals surface area (Å²) in [6.45, 7) is 12.4. The highest BCUT2D eigenvalue weighted by molar-refractivity contribution is 5.28. The van der Waals surface area contributed by atoms with Crippen molar-refractivity contribution in [2.24, 2.45) is 0 Å². The van der Waals surface area contributed by atoms with Crippen molar-refractivity contribution in [2.75, 3.05) is 13.7 Å². The van der Waals surface area contributed by atoms with Gasteiger partial charge in [-0.2, -0.15) is 0 Å². The van der Waals surface area contributed by atoms with Crippen LogP contribution in [-0.2, 0) is 4.74 Å². The second-order valence-electron chi connectivity index (χ2n) is 3.09. The lowest BCUT2D eigenvalue weighted by molar-refractivity contribution is 0.300. The van der Waals surface area contributed by atoms with Gasteiger partial charge in [-0.15, -0.1) is 0 Å². The zero-order valence-corrected chi connectivity index (χ0v) is 8.76. The van der Waals surface area contributed by atoms with Gasteiger partial charge in [-0.05, 0) is 0 Å². The Hall–Kier alpha value is -1.02. The van der Waals surface area contributed by atoms with E-state index in [2.05, 4.69) is 32.3 Å². The molecule has 0 radical (unpaired) electrons. The van der Waals surface area contributed by atoms with E-state index >= 15 is 0 Å². The van der Waals surface area contributed by atoms with Crippen molar-refractivity contribution in [3.63, 3.8) is 0 Å². The summed E-state index contributed by atoms with van der Waals surface area (Å²) in [5.74, 6) is 0.688. The smallest absolute Gasteiger partial charge is 0.116 e. The summed E-state index contributed by atoms with van der Waals surface area (Å²) in [6, 6.07) is 0.456. The van der Waals surface area contributed by atoms with Gasteiger partial charge in [0.1, 0.15) is 5.76 Å². The third kappa shape index (κ3) is 5.26. The molecular formula is C11H19NO. The minimum absolute atomic E-state index is 0.456. The molecule has 0 rings (SSSR count). The van der Waals surface area contributed by atoms with Gasteiger partial charge in [0.05, 0.1) is 7.11 Å². The normalized spacial score (nSPS) is 11.5. The quantitative estimate of drug-likeness (QED) is 0.501. The van der Waals surface area contributed by atoms with E-state index in [1.807, 2.05) is 6.08 Å². The van der Waals surface area contributed by atoms with Gasteiger partial charge in [0, 0.05) is 18.2 Å². The molecule has 2 nitrogen and oxygen atoms in total. The van der Waals surface area contributed by atoms with Crippen LogP contribution in [-0.4, -0.2) is 19.7 Å². The standard InChI is InChI=1S/C11H19NO/c1-6-7-11(10(4)13-5)8-12-9(2)3/h6-7,9,12H,1,4,8H2,2-3,5H3/b11-7-. The van der Waals surface area contributed by atoms with Crippen LogP contribution in [0.25, 0.3) is 0 Å². The van der Waals surface area contributed by atoms with Crippen LogP contribution in [0.15, 0.2) is 36.6 Å². The molecular weight excluding hydrogens is 162 g/mol. The summed E-state index contributed by atoms with van der Waals surface area (Å²) in [7, 11) is 1.62. The monoisotopic (exact) mass is 181 g/mol. The van der Waals surface area contributed by atoms with Crippen molar-refractivity contribution in [1.82, 2.24) is 5.32 Å². The number of rotatable bonds is 6. The summed E-state index contributed by atoms with van der Waals surface area (Å²) in [5.41, 5.74) is 1.03. The number of ether oxygens (including phenoxy) is 1. The Morgan fingerprint density at radius 2 is 2.15 bits per heavy atom. The van der Waals surface area contributed by atoms with Crippen molar-refractivity contribution in [2.45, 2.75) is 19.9 Å². The minimum atomic E-state index is 0.456. The van der Waals surface area contributed by atoms with Gasteiger partial charge in [0.25, 0.3) is 0 Å². The number of methoxy groups -OCH3 is 1. The van der Waals surface area contributed by atoms with E-state index in [0.717, 1.165) is 12.1 Å². The van der Waals surface area contributed by atoms with Gasteiger partial charge in [-0.1, -0.05) is 39.2 Å². The Balaban J connectivity index is 4.19. The molecule has 0 unspecified atom stereocenters. The van der Waals surface area contributed by atoms with Crippen molar-refractivity contribution < 1.29 is 4.74 Å². The molecule has 74 valence electrons. The fraction of sp³-hybridized carbons (Fsp3) is 0.455. The zero-order chi connectivity index (χ0) is 10.3. The van der Waals surface area contributed by atoms with Crippen LogP contribution in [0.5, 0.6) is 0 Å². The third-order valence-electron chi connectivity index (χ3n) is 1.62. The minimum Gasteiger partial charge on any atom is -0.497 e. The van der Waals surface area contributed by atoms with Gasteiger partial charge < -0.3 is 10.1 Å². The molecule has 1 N–H and O–H groups in total. The highest BCUT2D eigenvalue weighted by Crippen LogP contribution is 2.07. The van der Waals surface area contributed by atoms with Gasteiger partial charge in [-0.3, -0.25) is 0 Å². The van der Waals surface area contributed by atoms with E-state index in [1.54, 1.807) is 13.2 Å². The van der Waals surface area contributed by atoms with Crippen LogP contribution in [0.1, 0.15) is 13.8 Å². The first-order valence-corrected chi connectivity index (χ1v) is 4.40. The van der Waals surface area contributed by atoms with E-state index < -0.39 is 0 Å². The highest BCUT2D eigenvalue weighted by atomic mass is 16.5. The molecule has 0 fully saturated rings. The van der Waals surface area contributed by atoms with Gasteiger partial charge in [0.15, 0.2) is 0 Å². The average Bonchev–Trinajstić information content (AvgIpc) is 2.10. The molecule has 2 heteroatoms. The number of hydrogen-bond acceptors (Lipinski definition) is 2. The van der Waals surface area contributed by atoms with Crippen LogP contribution in [0.4, 0.5) is 0 Å². The molecule has 0 aliphatic heterocycles.